The molecule has 104 valence electrons. The van der Waals surface area contributed by atoms with Gasteiger partial charge in [0.25, 0.3) is 0 Å². The van der Waals surface area contributed by atoms with Gasteiger partial charge in [-0.3, -0.25) is 0 Å². The van der Waals surface area contributed by atoms with Crippen LogP contribution in [-0.2, 0) is 13.2 Å². The van der Waals surface area contributed by atoms with Crippen LogP contribution in [0.4, 0.5) is 0 Å². The van der Waals surface area contributed by atoms with Crippen LogP contribution in [0.15, 0.2) is 36.7 Å². The number of halogens is 1. The van der Waals surface area contributed by atoms with Crippen LogP contribution in [0.3, 0.4) is 0 Å². The Bertz CT molecular complexity index is 573. The molecule has 20 heavy (non-hydrogen) atoms. The Kier molecular flexibility index (Phi) is 4.14. The maximum absolute atomic E-state index is 6.23. The minimum Gasteiger partial charge on any atom is -0.484 e. The monoisotopic (exact) mass is 289 g/mol. The Labute approximate surface area is 123 Å². The smallest absolute Gasteiger partial charge is 0.166 e. The molecule has 0 radical (unpaired) electrons. The summed E-state index contributed by atoms with van der Waals surface area (Å²) in [5, 5.41) is 4.08. The van der Waals surface area contributed by atoms with Crippen molar-refractivity contribution < 1.29 is 4.74 Å². The van der Waals surface area contributed by atoms with Crippen LogP contribution in [0.2, 0.25) is 5.02 Å². The van der Waals surface area contributed by atoms with Crippen molar-refractivity contribution in [2.75, 3.05) is 0 Å². The van der Waals surface area contributed by atoms with Crippen LogP contribution in [0.25, 0.3) is 0 Å². The number of benzene rings is 1. The second-order valence-corrected chi connectivity index (χ2v) is 5.28. The quantitative estimate of drug-likeness (QED) is 0.888. The third-order valence-corrected chi connectivity index (χ3v) is 3.44. The zero-order valence-electron chi connectivity index (χ0n) is 11.1. The standard InChI is InChI=1S/C15H16ClN3O/c16-13-8-11(9-19-12-3-4-12)2-5-14(13)20-10-15-17-6-1-7-18-15/h1-2,5-8,12,19H,3-4,9-10H2. The molecule has 4 nitrogen and oxygen atoms in total. The minimum absolute atomic E-state index is 0.320. The number of ether oxygens (including phenoxy) is 1. The summed E-state index contributed by atoms with van der Waals surface area (Å²) in [4.78, 5) is 8.22. The molecule has 1 aromatic carbocycles. The van der Waals surface area contributed by atoms with E-state index in [1.54, 1.807) is 18.5 Å². The van der Waals surface area contributed by atoms with Crippen LogP contribution in [0, 0.1) is 0 Å². The highest BCUT2D eigenvalue weighted by atomic mass is 35.5. The number of hydrogen-bond acceptors (Lipinski definition) is 4. The lowest BCUT2D eigenvalue weighted by Crippen LogP contribution is -2.15. The molecular weight excluding hydrogens is 274 g/mol. The van der Waals surface area contributed by atoms with Crippen molar-refractivity contribution in [2.24, 2.45) is 0 Å². The van der Waals surface area contributed by atoms with Crippen LogP contribution >= 0.6 is 11.6 Å². The fourth-order valence-electron chi connectivity index (χ4n) is 1.87. The van der Waals surface area contributed by atoms with E-state index >= 15 is 0 Å². The molecule has 0 aliphatic heterocycles. The van der Waals surface area contributed by atoms with Crippen molar-refractivity contribution in [3.8, 4) is 5.75 Å². The maximum atomic E-state index is 6.23. The van der Waals surface area contributed by atoms with Gasteiger partial charge in [0, 0.05) is 25.0 Å². The minimum atomic E-state index is 0.320. The van der Waals surface area contributed by atoms with Gasteiger partial charge in [0.2, 0.25) is 0 Å². The van der Waals surface area contributed by atoms with E-state index in [1.807, 2.05) is 18.2 Å². The summed E-state index contributed by atoms with van der Waals surface area (Å²) in [7, 11) is 0. The van der Waals surface area contributed by atoms with Crippen molar-refractivity contribution in [1.29, 1.82) is 0 Å². The summed E-state index contributed by atoms with van der Waals surface area (Å²) in [5.41, 5.74) is 1.17. The Morgan fingerprint density at radius 3 is 2.75 bits per heavy atom. The molecule has 2 aromatic rings. The molecule has 1 saturated carbocycles. The van der Waals surface area contributed by atoms with Crippen molar-refractivity contribution in [3.05, 3.63) is 53.1 Å². The van der Waals surface area contributed by atoms with E-state index in [-0.39, 0.29) is 0 Å². The molecule has 0 saturated heterocycles. The molecule has 0 spiro atoms. The summed E-state index contributed by atoms with van der Waals surface area (Å²) >= 11 is 6.23. The van der Waals surface area contributed by atoms with Crippen molar-refractivity contribution in [1.82, 2.24) is 15.3 Å². The first-order chi connectivity index (χ1) is 9.81. The Hall–Kier alpha value is -1.65. The van der Waals surface area contributed by atoms with Gasteiger partial charge in [-0.05, 0) is 36.6 Å². The molecule has 0 unspecified atom stereocenters. The lowest BCUT2D eigenvalue weighted by Gasteiger charge is -2.09. The zero-order chi connectivity index (χ0) is 13.8. The fourth-order valence-corrected chi connectivity index (χ4v) is 2.13. The third kappa shape index (κ3) is 3.68. The molecule has 5 heteroatoms. The second kappa shape index (κ2) is 6.20. The van der Waals surface area contributed by atoms with Gasteiger partial charge in [-0.2, -0.15) is 0 Å². The van der Waals surface area contributed by atoms with E-state index < -0.39 is 0 Å². The van der Waals surface area contributed by atoms with Gasteiger partial charge in [0.15, 0.2) is 5.82 Å². The average Bonchev–Trinajstić information content (AvgIpc) is 3.29. The van der Waals surface area contributed by atoms with Gasteiger partial charge in [0.05, 0.1) is 5.02 Å². The summed E-state index contributed by atoms with van der Waals surface area (Å²) in [5.74, 6) is 1.30. The highest BCUT2D eigenvalue weighted by molar-refractivity contribution is 6.32. The van der Waals surface area contributed by atoms with Crippen molar-refractivity contribution in [2.45, 2.75) is 32.0 Å². The van der Waals surface area contributed by atoms with Crippen molar-refractivity contribution in [3.63, 3.8) is 0 Å². The summed E-state index contributed by atoms with van der Waals surface area (Å²) in [6, 6.07) is 8.34. The Morgan fingerprint density at radius 1 is 1.25 bits per heavy atom. The maximum Gasteiger partial charge on any atom is 0.166 e. The van der Waals surface area contributed by atoms with Gasteiger partial charge < -0.3 is 10.1 Å². The summed E-state index contributed by atoms with van der Waals surface area (Å²) < 4.78 is 5.64. The Morgan fingerprint density at radius 2 is 2.05 bits per heavy atom. The molecular formula is C15H16ClN3O. The first kappa shape index (κ1) is 13.3. The van der Waals surface area contributed by atoms with Gasteiger partial charge >= 0.3 is 0 Å². The zero-order valence-corrected chi connectivity index (χ0v) is 11.8. The molecule has 1 aliphatic carbocycles. The molecule has 1 heterocycles. The average molecular weight is 290 g/mol. The number of nitrogens with zero attached hydrogens (tertiary/aromatic N) is 2. The Balaban J connectivity index is 1.58. The summed E-state index contributed by atoms with van der Waals surface area (Å²) in [6.07, 6.45) is 5.96. The molecule has 3 rings (SSSR count). The van der Waals surface area contributed by atoms with E-state index in [0.29, 0.717) is 29.2 Å². The SMILES string of the molecule is Clc1cc(CNC2CC2)ccc1OCc1ncccn1. The van der Waals surface area contributed by atoms with E-state index in [9.17, 15) is 0 Å². The van der Waals surface area contributed by atoms with Crippen LogP contribution < -0.4 is 10.1 Å². The van der Waals surface area contributed by atoms with Crippen LogP contribution in [-0.4, -0.2) is 16.0 Å². The highest BCUT2D eigenvalue weighted by Gasteiger charge is 2.20. The number of rotatable bonds is 6. The number of aromatic nitrogens is 2. The molecule has 1 aromatic heterocycles. The van der Waals surface area contributed by atoms with E-state index in [4.69, 9.17) is 16.3 Å². The number of nitrogens with one attached hydrogen (secondary N) is 1. The van der Waals surface area contributed by atoms with Crippen LogP contribution in [0.1, 0.15) is 24.2 Å². The molecule has 0 atom stereocenters. The molecule has 0 amide bonds. The second-order valence-electron chi connectivity index (χ2n) is 4.87. The molecule has 1 fully saturated rings. The fraction of sp³-hybridized carbons (Fsp3) is 0.333. The summed E-state index contributed by atoms with van der Waals surface area (Å²) in [6.45, 7) is 1.17. The van der Waals surface area contributed by atoms with Crippen LogP contribution in [0.5, 0.6) is 5.75 Å². The molecule has 1 N–H and O–H groups in total. The van der Waals surface area contributed by atoms with E-state index in [2.05, 4.69) is 15.3 Å². The van der Waals surface area contributed by atoms with Crippen molar-refractivity contribution >= 4 is 11.6 Å². The predicted octanol–water partition coefficient (Wildman–Crippen LogP) is 2.96. The number of hydrogen-bond donors (Lipinski definition) is 1. The lowest BCUT2D eigenvalue weighted by atomic mass is 10.2. The largest absolute Gasteiger partial charge is 0.484 e. The normalized spacial score (nSPS) is 14.2. The first-order valence-corrected chi connectivity index (χ1v) is 7.09. The van der Waals surface area contributed by atoms with Gasteiger partial charge in [0.1, 0.15) is 12.4 Å². The predicted molar refractivity (Wildman–Crippen MR) is 77.7 cm³/mol. The molecule has 1 aliphatic rings. The van der Waals surface area contributed by atoms with E-state index in [1.165, 1.54) is 18.4 Å². The first-order valence-electron chi connectivity index (χ1n) is 6.72. The van der Waals surface area contributed by atoms with Gasteiger partial charge in [-0.25, -0.2) is 9.97 Å². The molecule has 0 bridgehead atoms. The van der Waals surface area contributed by atoms with Gasteiger partial charge in [-0.15, -0.1) is 0 Å². The highest BCUT2D eigenvalue weighted by Crippen LogP contribution is 2.26. The lowest BCUT2D eigenvalue weighted by molar-refractivity contribution is 0.296. The third-order valence-electron chi connectivity index (χ3n) is 3.14. The van der Waals surface area contributed by atoms with E-state index in [0.717, 1.165) is 6.54 Å². The van der Waals surface area contributed by atoms with Gasteiger partial charge in [-0.1, -0.05) is 17.7 Å². The topological polar surface area (TPSA) is 47.0 Å².